The van der Waals surface area contributed by atoms with E-state index in [4.69, 9.17) is 16.3 Å². The van der Waals surface area contributed by atoms with Crippen LogP contribution in [0.3, 0.4) is 0 Å². The third kappa shape index (κ3) is 4.57. The van der Waals surface area contributed by atoms with Gasteiger partial charge in [-0.15, -0.1) is 0 Å². The molecule has 0 bridgehead atoms. The molecule has 0 unspecified atom stereocenters. The molecule has 0 aliphatic carbocycles. The summed E-state index contributed by atoms with van der Waals surface area (Å²) in [6, 6.07) is 7.25. The maximum absolute atomic E-state index is 13.0. The molecule has 1 N–H and O–H groups in total. The minimum Gasteiger partial charge on any atom is -0.449 e. The molecule has 1 amide bonds. The Hall–Kier alpha value is -2.40. The number of rotatable bonds is 4. The lowest BCUT2D eigenvalue weighted by Gasteiger charge is -2.17. The number of nitrogens with one attached hydrogen (secondary N) is 1. The predicted molar refractivity (Wildman–Crippen MR) is 95.6 cm³/mol. The average molecular weight is 364 g/mol. The largest absolute Gasteiger partial charge is 0.449 e. The van der Waals surface area contributed by atoms with Gasteiger partial charge in [0.2, 0.25) is 0 Å². The summed E-state index contributed by atoms with van der Waals surface area (Å²) in [5.74, 6) is -1.80. The summed E-state index contributed by atoms with van der Waals surface area (Å²) in [6.07, 6.45) is -1.03. The highest BCUT2D eigenvalue weighted by Gasteiger charge is 2.21. The van der Waals surface area contributed by atoms with E-state index in [9.17, 15) is 14.0 Å². The van der Waals surface area contributed by atoms with E-state index in [0.29, 0.717) is 5.69 Å². The van der Waals surface area contributed by atoms with E-state index in [1.807, 2.05) is 32.9 Å². The molecule has 0 radical (unpaired) electrons. The Morgan fingerprint density at radius 1 is 1.12 bits per heavy atom. The zero-order valence-electron chi connectivity index (χ0n) is 14.4. The molecule has 2 aromatic rings. The molecule has 0 saturated heterocycles. The molecule has 0 fully saturated rings. The molecular formula is C19H19ClFNO3. The number of esters is 1. The molecule has 25 heavy (non-hydrogen) atoms. The van der Waals surface area contributed by atoms with Crippen molar-refractivity contribution in [2.45, 2.75) is 33.8 Å². The van der Waals surface area contributed by atoms with Gasteiger partial charge in [0.25, 0.3) is 5.91 Å². The molecule has 132 valence electrons. The van der Waals surface area contributed by atoms with Crippen LogP contribution in [0.25, 0.3) is 0 Å². The van der Waals surface area contributed by atoms with Crippen molar-refractivity contribution in [1.82, 2.24) is 0 Å². The van der Waals surface area contributed by atoms with Crippen LogP contribution in [-0.2, 0) is 9.53 Å². The first-order valence-electron chi connectivity index (χ1n) is 7.73. The normalized spacial score (nSPS) is 11.8. The lowest BCUT2D eigenvalue weighted by molar-refractivity contribution is -0.123. The molecule has 1 atom stereocenters. The molecule has 0 heterocycles. The fraction of sp³-hybridized carbons (Fsp3) is 0.263. The maximum atomic E-state index is 13.0. The summed E-state index contributed by atoms with van der Waals surface area (Å²) >= 11 is 5.83. The summed E-state index contributed by atoms with van der Waals surface area (Å²) in [6.45, 7) is 7.22. The van der Waals surface area contributed by atoms with Crippen LogP contribution >= 0.6 is 11.6 Å². The van der Waals surface area contributed by atoms with E-state index in [2.05, 4.69) is 5.32 Å². The van der Waals surface area contributed by atoms with Gasteiger partial charge in [0.05, 0.1) is 10.6 Å². The third-order valence-corrected chi connectivity index (χ3v) is 4.04. The SMILES string of the molecule is Cc1cc(C)c(NC(=O)[C@H](C)OC(=O)c2ccc(F)cc2Cl)c(C)c1. The second-order valence-corrected chi connectivity index (χ2v) is 6.34. The van der Waals surface area contributed by atoms with Crippen LogP contribution in [0, 0.1) is 26.6 Å². The smallest absolute Gasteiger partial charge is 0.340 e. The molecule has 0 aliphatic heterocycles. The highest BCUT2D eigenvalue weighted by Crippen LogP contribution is 2.23. The van der Waals surface area contributed by atoms with E-state index < -0.39 is 23.8 Å². The number of aryl methyl sites for hydroxylation is 3. The van der Waals surface area contributed by atoms with E-state index in [1.54, 1.807) is 0 Å². The van der Waals surface area contributed by atoms with Crippen molar-refractivity contribution in [3.63, 3.8) is 0 Å². The molecule has 0 saturated carbocycles. The van der Waals surface area contributed by atoms with Crippen molar-refractivity contribution >= 4 is 29.2 Å². The van der Waals surface area contributed by atoms with Gasteiger partial charge >= 0.3 is 5.97 Å². The quantitative estimate of drug-likeness (QED) is 0.808. The molecule has 0 spiro atoms. The van der Waals surface area contributed by atoms with Crippen LogP contribution in [0.1, 0.15) is 34.0 Å². The summed E-state index contributed by atoms with van der Waals surface area (Å²) in [5, 5.41) is 2.71. The molecular weight excluding hydrogens is 345 g/mol. The number of ether oxygens (including phenoxy) is 1. The lowest BCUT2D eigenvalue weighted by Crippen LogP contribution is -2.30. The summed E-state index contributed by atoms with van der Waals surface area (Å²) < 4.78 is 18.2. The van der Waals surface area contributed by atoms with Gasteiger partial charge in [-0.05, 0) is 57.0 Å². The first-order chi connectivity index (χ1) is 11.7. The van der Waals surface area contributed by atoms with Gasteiger partial charge in [-0.1, -0.05) is 29.3 Å². The fourth-order valence-electron chi connectivity index (χ4n) is 2.53. The monoisotopic (exact) mass is 363 g/mol. The minimum atomic E-state index is -1.03. The first-order valence-corrected chi connectivity index (χ1v) is 8.11. The van der Waals surface area contributed by atoms with Gasteiger partial charge in [0.1, 0.15) is 5.82 Å². The van der Waals surface area contributed by atoms with Crippen LogP contribution in [0.4, 0.5) is 10.1 Å². The zero-order valence-corrected chi connectivity index (χ0v) is 15.2. The van der Waals surface area contributed by atoms with Crippen LogP contribution in [0.15, 0.2) is 30.3 Å². The van der Waals surface area contributed by atoms with Crippen LogP contribution in [0.5, 0.6) is 0 Å². The van der Waals surface area contributed by atoms with Crippen molar-refractivity contribution in [3.8, 4) is 0 Å². The van der Waals surface area contributed by atoms with E-state index in [1.165, 1.54) is 13.0 Å². The number of amides is 1. The Kier molecular flexibility index (Phi) is 5.80. The first kappa shape index (κ1) is 18.9. The fourth-order valence-corrected chi connectivity index (χ4v) is 2.78. The predicted octanol–water partition coefficient (Wildman–Crippen LogP) is 4.59. The summed E-state index contributed by atoms with van der Waals surface area (Å²) in [7, 11) is 0. The average Bonchev–Trinajstić information content (AvgIpc) is 2.50. The Bertz CT molecular complexity index is 812. The topological polar surface area (TPSA) is 55.4 Å². The standard InChI is InChI=1S/C19H19ClFNO3/c1-10-7-11(2)17(12(3)8-10)22-18(23)13(4)25-19(24)15-6-5-14(21)9-16(15)20/h5-9,13H,1-4H3,(H,22,23)/t13-/m0/s1. The minimum absolute atomic E-state index is 0.00501. The molecule has 2 aromatic carbocycles. The van der Waals surface area contributed by atoms with E-state index in [0.717, 1.165) is 28.8 Å². The van der Waals surface area contributed by atoms with Crippen molar-refractivity contribution in [2.24, 2.45) is 0 Å². The van der Waals surface area contributed by atoms with Gasteiger partial charge in [0.15, 0.2) is 6.10 Å². The second kappa shape index (κ2) is 7.66. The zero-order chi connectivity index (χ0) is 18.7. The van der Waals surface area contributed by atoms with E-state index >= 15 is 0 Å². The lowest BCUT2D eigenvalue weighted by atomic mass is 10.0. The van der Waals surface area contributed by atoms with Crippen molar-refractivity contribution in [3.05, 3.63) is 63.4 Å². The Labute approximate surface area is 150 Å². The van der Waals surface area contributed by atoms with Crippen molar-refractivity contribution < 1.29 is 18.7 Å². The Morgan fingerprint density at radius 2 is 1.72 bits per heavy atom. The Morgan fingerprint density at radius 3 is 2.28 bits per heavy atom. The van der Waals surface area contributed by atoms with Crippen molar-refractivity contribution in [2.75, 3.05) is 5.32 Å². The number of carbonyl (C=O) groups excluding carboxylic acids is 2. The highest BCUT2D eigenvalue weighted by molar-refractivity contribution is 6.33. The molecule has 2 rings (SSSR count). The molecule has 6 heteroatoms. The van der Waals surface area contributed by atoms with Gasteiger partial charge in [-0.2, -0.15) is 0 Å². The summed E-state index contributed by atoms with van der Waals surface area (Å²) in [4.78, 5) is 24.4. The summed E-state index contributed by atoms with van der Waals surface area (Å²) in [5.41, 5.74) is 3.64. The van der Waals surface area contributed by atoms with Crippen LogP contribution in [0.2, 0.25) is 5.02 Å². The highest BCUT2D eigenvalue weighted by atomic mass is 35.5. The van der Waals surface area contributed by atoms with Gasteiger partial charge in [0, 0.05) is 5.69 Å². The van der Waals surface area contributed by atoms with Gasteiger partial charge in [-0.25, -0.2) is 9.18 Å². The van der Waals surface area contributed by atoms with Gasteiger partial charge in [-0.3, -0.25) is 4.79 Å². The van der Waals surface area contributed by atoms with Crippen molar-refractivity contribution in [1.29, 1.82) is 0 Å². The number of carbonyl (C=O) groups is 2. The van der Waals surface area contributed by atoms with Crippen LogP contribution < -0.4 is 5.32 Å². The Balaban J connectivity index is 2.09. The molecule has 4 nitrogen and oxygen atoms in total. The molecule has 0 aliphatic rings. The number of benzene rings is 2. The number of hydrogen-bond donors (Lipinski definition) is 1. The van der Waals surface area contributed by atoms with Crippen LogP contribution in [-0.4, -0.2) is 18.0 Å². The number of halogens is 2. The second-order valence-electron chi connectivity index (χ2n) is 5.93. The molecule has 0 aromatic heterocycles. The third-order valence-electron chi connectivity index (χ3n) is 3.73. The maximum Gasteiger partial charge on any atom is 0.340 e. The number of anilines is 1. The number of hydrogen-bond acceptors (Lipinski definition) is 3. The van der Waals surface area contributed by atoms with Gasteiger partial charge < -0.3 is 10.1 Å². The van der Waals surface area contributed by atoms with E-state index in [-0.39, 0.29) is 10.6 Å².